The number of halogens is 1. The van der Waals surface area contributed by atoms with E-state index in [1.165, 1.54) is 27.6 Å². The molecule has 0 saturated heterocycles. The van der Waals surface area contributed by atoms with Crippen molar-refractivity contribution < 1.29 is 9.53 Å². The van der Waals surface area contributed by atoms with Crippen LogP contribution in [0.2, 0.25) is 0 Å². The van der Waals surface area contributed by atoms with Crippen LogP contribution in [-0.4, -0.2) is 22.0 Å². The van der Waals surface area contributed by atoms with E-state index in [2.05, 4.69) is 15.9 Å². The van der Waals surface area contributed by atoms with Gasteiger partial charge in [-0.2, -0.15) is 0 Å². The Labute approximate surface area is 174 Å². The van der Waals surface area contributed by atoms with E-state index in [9.17, 15) is 14.4 Å². The normalized spacial score (nSPS) is 11.8. The average molecular weight is 465 g/mol. The highest BCUT2D eigenvalue weighted by Crippen LogP contribution is 2.33. The Morgan fingerprint density at radius 2 is 1.86 bits per heavy atom. The van der Waals surface area contributed by atoms with Crippen LogP contribution in [0.4, 0.5) is 0 Å². The van der Waals surface area contributed by atoms with Crippen LogP contribution in [-0.2, 0) is 12.1 Å². The van der Waals surface area contributed by atoms with Gasteiger partial charge in [-0.15, -0.1) is 11.3 Å². The zero-order chi connectivity index (χ0) is 20.8. The van der Waals surface area contributed by atoms with Gasteiger partial charge in [0.25, 0.3) is 5.56 Å². The second-order valence-electron chi connectivity index (χ2n) is 7.48. The molecule has 3 rings (SSSR count). The minimum absolute atomic E-state index is 0.182. The van der Waals surface area contributed by atoms with E-state index in [1.54, 1.807) is 45.0 Å². The summed E-state index contributed by atoms with van der Waals surface area (Å²) in [5, 5.41) is 0.458. The lowest BCUT2D eigenvalue weighted by Gasteiger charge is -2.23. The average Bonchev–Trinajstić information content (AvgIpc) is 2.92. The quantitative estimate of drug-likeness (QED) is 0.548. The summed E-state index contributed by atoms with van der Waals surface area (Å²) in [6, 6.07) is 6.89. The lowest BCUT2D eigenvalue weighted by Crippen LogP contribution is -2.48. The highest BCUT2D eigenvalue weighted by molar-refractivity contribution is 9.11. The lowest BCUT2D eigenvalue weighted by molar-refractivity contribution is 0.0967. The van der Waals surface area contributed by atoms with Crippen LogP contribution >= 0.6 is 27.3 Å². The number of carbonyl (C=O) groups excluding carboxylic acids is 1. The van der Waals surface area contributed by atoms with Crippen molar-refractivity contribution in [2.45, 2.75) is 39.8 Å². The molecule has 0 amide bonds. The zero-order valence-electron chi connectivity index (χ0n) is 16.3. The predicted molar refractivity (Wildman–Crippen MR) is 115 cm³/mol. The van der Waals surface area contributed by atoms with Crippen LogP contribution in [0.5, 0.6) is 5.75 Å². The van der Waals surface area contributed by atoms with Gasteiger partial charge in [-0.3, -0.25) is 18.7 Å². The Morgan fingerprint density at radius 1 is 1.21 bits per heavy atom. The molecule has 0 bridgehead atoms. The highest BCUT2D eigenvalue weighted by Gasteiger charge is 2.26. The fraction of sp³-hybridized carbons (Fsp3) is 0.350. The van der Waals surface area contributed by atoms with E-state index in [4.69, 9.17) is 4.74 Å². The maximum absolute atomic E-state index is 13.2. The van der Waals surface area contributed by atoms with Crippen molar-refractivity contribution in [1.82, 2.24) is 9.13 Å². The summed E-state index contributed by atoms with van der Waals surface area (Å²) in [6.45, 7) is 7.03. The van der Waals surface area contributed by atoms with E-state index in [1.807, 2.05) is 6.92 Å². The summed E-state index contributed by atoms with van der Waals surface area (Å²) in [5.74, 6) is 0.187. The first-order valence-electron chi connectivity index (χ1n) is 8.69. The number of rotatable bonds is 4. The Balaban J connectivity index is 2.29. The number of para-hydroxylation sites is 1. The van der Waals surface area contributed by atoms with Crippen LogP contribution in [0, 0.1) is 6.92 Å². The van der Waals surface area contributed by atoms with E-state index >= 15 is 0 Å². The SMILES string of the molecule is COc1ccccc1C(=O)Cn1c(=O)n(C(C)(C)C)c(=O)c2c(C)c(Br)sc21. The molecule has 2 aromatic heterocycles. The first-order chi connectivity index (χ1) is 13.1. The molecule has 0 unspecified atom stereocenters. The molecule has 0 aliphatic heterocycles. The molecule has 1 aromatic carbocycles. The van der Waals surface area contributed by atoms with Crippen molar-refractivity contribution in [3.8, 4) is 5.75 Å². The third-order valence-corrected chi connectivity index (χ3v) is 6.72. The Hall–Kier alpha value is -2.19. The molecular formula is C20H21BrN2O4S. The molecule has 3 aromatic rings. The molecule has 148 valence electrons. The van der Waals surface area contributed by atoms with Crippen LogP contribution in [0.25, 0.3) is 10.2 Å². The number of thiophene rings is 1. The van der Waals surface area contributed by atoms with Gasteiger partial charge in [-0.25, -0.2) is 4.79 Å². The number of aromatic nitrogens is 2. The summed E-state index contributed by atoms with van der Waals surface area (Å²) in [7, 11) is 1.50. The molecule has 0 aliphatic rings. The molecular weight excluding hydrogens is 444 g/mol. The summed E-state index contributed by atoms with van der Waals surface area (Å²) in [5.41, 5.74) is -0.402. The summed E-state index contributed by atoms with van der Waals surface area (Å²) < 4.78 is 8.65. The van der Waals surface area contributed by atoms with Crippen molar-refractivity contribution in [1.29, 1.82) is 0 Å². The molecule has 0 spiro atoms. The number of carbonyl (C=O) groups is 1. The number of methoxy groups -OCH3 is 1. The van der Waals surface area contributed by atoms with Crippen molar-refractivity contribution in [3.63, 3.8) is 0 Å². The lowest BCUT2D eigenvalue weighted by atomic mass is 10.1. The van der Waals surface area contributed by atoms with Gasteiger partial charge in [0.15, 0.2) is 5.78 Å². The van der Waals surface area contributed by atoms with E-state index in [-0.39, 0.29) is 17.9 Å². The predicted octanol–water partition coefficient (Wildman–Crippen LogP) is 3.94. The number of fused-ring (bicyclic) bond motifs is 1. The zero-order valence-corrected chi connectivity index (χ0v) is 18.7. The van der Waals surface area contributed by atoms with E-state index < -0.39 is 11.2 Å². The smallest absolute Gasteiger partial charge is 0.333 e. The van der Waals surface area contributed by atoms with Gasteiger partial charge >= 0.3 is 5.69 Å². The first-order valence-corrected chi connectivity index (χ1v) is 10.3. The number of nitrogens with zero attached hydrogens (tertiary/aromatic N) is 2. The Bertz CT molecular complexity index is 1200. The molecule has 0 fully saturated rings. The third kappa shape index (κ3) is 3.35. The van der Waals surface area contributed by atoms with Crippen molar-refractivity contribution in [2.75, 3.05) is 7.11 Å². The Kier molecular flexibility index (Phi) is 5.38. The minimum Gasteiger partial charge on any atom is -0.496 e. The summed E-state index contributed by atoms with van der Waals surface area (Å²) >= 11 is 4.74. The maximum Gasteiger partial charge on any atom is 0.333 e. The minimum atomic E-state index is -0.724. The molecule has 0 atom stereocenters. The van der Waals surface area contributed by atoms with Gasteiger partial charge in [-0.05, 0) is 61.3 Å². The first kappa shape index (κ1) is 20.5. The van der Waals surface area contributed by atoms with Crippen LogP contribution in [0.3, 0.4) is 0 Å². The van der Waals surface area contributed by atoms with Crippen LogP contribution in [0.15, 0.2) is 37.6 Å². The van der Waals surface area contributed by atoms with Gasteiger partial charge in [0.1, 0.15) is 10.6 Å². The molecule has 0 N–H and O–H groups in total. The topological polar surface area (TPSA) is 70.3 Å². The molecule has 2 heterocycles. The standard InChI is InChI=1S/C20H21BrN2O4S/c1-11-15-17(25)23(20(2,3)4)19(26)22(18(15)28-16(11)21)10-13(24)12-8-6-7-9-14(12)27-5/h6-9H,10H2,1-5H3. The number of aryl methyl sites for hydroxylation is 1. The van der Waals surface area contributed by atoms with Crippen LogP contribution in [0.1, 0.15) is 36.7 Å². The van der Waals surface area contributed by atoms with Crippen molar-refractivity contribution in [2.24, 2.45) is 0 Å². The highest BCUT2D eigenvalue weighted by atomic mass is 79.9. The van der Waals surface area contributed by atoms with Gasteiger partial charge in [0.2, 0.25) is 0 Å². The monoisotopic (exact) mass is 464 g/mol. The fourth-order valence-corrected chi connectivity index (χ4v) is 4.83. The fourth-order valence-electron chi connectivity index (χ4n) is 3.15. The number of ketones is 1. The van der Waals surface area contributed by atoms with Crippen LogP contribution < -0.4 is 16.0 Å². The van der Waals surface area contributed by atoms with Gasteiger partial charge in [0.05, 0.1) is 28.4 Å². The number of hydrogen-bond donors (Lipinski definition) is 0. The van der Waals surface area contributed by atoms with E-state index in [0.717, 1.165) is 9.35 Å². The third-order valence-electron chi connectivity index (χ3n) is 4.53. The number of hydrogen-bond acceptors (Lipinski definition) is 5. The molecule has 28 heavy (non-hydrogen) atoms. The Morgan fingerprint density at radius 3 is 2.46 bits per heavy atom. The molecule has 0 radical (unpaired) electrons. The second-order valence-corrected chi connectivity index (χ2v) is 9.80. The van der Waals surface area contributed by atoms with Gasteiger partial charge < -0.3 is 4.74 Å². The summed E-state index contributed by atoms with van der Waals surface area (Å²) in [6.07, 6.45) is 0. The number of benzene rings is 1. The molecule has 0 saturated carbocycles. The van der Waals surface area contributed by atoms with Gasteiger partial charge in [0, 0.05) is 5.54 Å². The van der Waals surface area contributed by atoms with E-state index in [0.29, 0.717) is 21.5 Å². The second kappa shape index (κ2) is 7.33. The van der Waals surface area contributed by atoms with Gasteiger partial charge in [-0.1, -0.05) is 12.1 Å². The maximum atomic E-state index is 13.2. The molecule has 0 aliphatic carbocycles. The largest absolute Gasteiger partial charge is 0.496 e. The number of ether oxygens (including phenoxy) is 1. The summed E-state index contributed by atoms with van der Waals surface area (Å²) in [4.78, 5) is 39.8. The molecule has 8 heteroatoms. The van der Waals surface area contributed by atoms with Crippen molar-refractivity contribution >= 4 is 43.3 Å². The molecule has 6 nitrogen and oxygen atoms in total. The number of Topliss-reactive ketones (excluding diaryl/α,β-unsaturated/α-hetero) is 1. The van der Waals surface area contributed by atoms with Crippen molar-refractivity contribution in [3.05, 3.63) is 60.0 Å².